The largest absolute Gasteiger partial charge is 0.380 e. The van der Waals surface area contributed by atoms with Crippen molar-refractivity contribution in [2.75, 3.05) is 19.8 Å². The average Bonchev–Trinajstić information content (AvgIpc) is 2.10. The minimum Gasteiger partial charge on any atom is -0.380 e. The van der Waals surface area contributed by atoms with E-state index in [-0.39, 0.29) is 17.7 Å². The van der Waals surface area contributed by atoms with Crippen molar-refractivity contribution in [2.24, 2.45) is 16.9 Å². The van der Waals surface area contributed by atoms with Gasteiger partial charge in [-0.2, -0.15) is 0 Å². The molecule has 2 amide bonds. The zero-order valence-electron chi connectivity index (χ0n) is 8.79. The van der Waals surface area contributed by atoms with Crippen molar-refractivity contribution in [3.05, 3.63) is 0 Å². The van der Waals surface area contributed by atoms with Gasteiger partial charge in [-0.25, -0.2) is 0 Å². The van der Waals surface area contributed by atoms with Crippen LogP contribution < -0.4 is 16.8 Å². The summed E-state index contributed by atoms with van der Waals surface area (Å²) >= 11 is 0. The fraction of sp³-hybridized carbons (Fsp3) is 0.778. The molecule has 1 saturated heterocycles. The third kappa shape index (κ3) is 3.49. The number of nitrogens with two attached hydrogens (primary N) is 2. The zero-order chi connectivity index (χ0) is 11.5. The van der Waals surface area contributed by atoms with E-state index in [1.807, 2.05) is 6.92 Å². The van der Waals surface area contributed by atoms with Crippen molar-refractivity contribution in [1.82, 2.24) is 5.32 Å². The molecule has 1 fully saturated rings. The van der Waals surface area contributed by atoms with E-state index < -0.39 is 11.9 Å². The summed E-state index contributed by atoms with van der Waals surface area (Å²) in [5.74, 6) is -0.919. The van der Waals surface area contributed by atoms with Crippen LogP contribution in [0.3, 0.4) is 0 Å². The highest BCUT2D eigenvalue weighted by Crippen LogP contribution is 2.24. The van der Waals surface area contributed by atoms with E-state index in [4.69, 9.17) is 16.2 Å². The number of amides is 2. The molecule has 0 aromatic rings. The molecule has 0 aromatic heterocycles. The van der Waals surface area contributed by atoms with Gasteiger partial charge in [0.2, 0.25) is 11.8 Å². The van der Waals surface area contributed by atoms with E-state index in [1.165, 1.54) is 0 Å². The maximum absolute atomic E-state index is 11.4. The number of hydrogen-bond donors (Lipinski definition) is 3. The Bertz CT molecular complexity index is 263. The summed E-state index contributed by atoms with van der Waals surface area (Å²) in [5, 5.41) is 2.68. The lowest BCUT2D eigenvalue weighted by atomic mass is 9.88. The predicted octanol–water partition coefficient (Wildman–Crippen LogP) is -1.66. The highest BCUT2D eigenvalue weighted by atomic mass is 16.5. The molecule has 15 heavy (non-hydrogen) atoms. The molecule has 0 saturated carbocycles. The van der Waals surface area contributed by atoms with E-state index in [0.717, 1.165) is 0 Å². The molecule has 1 aliphatic heterocycles. The molecule has 1 rings (SSSR count). The third-order valence-electron chi connectivity index (χ3n) is 2.35. The first-order chi connectivity index (χ1) is 6.93. The quantitative estimate of drug-likeness (QED) is 0.510. The van der Waals surface area contributed by atoms with E-state index in [9.17, 15) is 9.59 Å². The van der Waals surface area contributed by atoms with Crippen molar-refractivity contribution < 1.29 is 14.3 Å². The van der Waals surface area contributed by atoms with Crippen molar-refractivity contribution in [2.45, 2.75) is 19.4 Å². The molecule has 6 heteroatoms. The molecule has 1 aliphatic rings. The highest BCUT2D eigenvalue weighted by molar-refractivity contribution is 5.87. The Kier molecular flexibility index (Phi) is 3.65. The van der Waals surface area contributed by atoms with Crippen molar-refractivity contribution in [3.8, 4) is 0 Å². The van der Waals surface area contributed by atoms with Gasteiger partial charge in [-0.05, 0) is 0 Å². The van der Waals surface area contributed by atoms with Gasteiger partial charge in [0.25, 0.3) is 0 Å². The van der Waals surface area contributed by atoms with Crippen LogP contribution in [0.25, 0.3) is 0 Å². The summed E-state index contributed by atoms with van der Waals surface area (Å²) in [6.07, 6.45) is -0.126. The number of hydrogen-bond acceptors (Lipinski definition) is 4. The molecule has 0 aromatic carbocycles. The Morgan fingerprint density at radius 3 is 2.53 bits per heavy atom. The molecule has 1 atom stereocenters. The van der Waals surface area contributed by atoms with Crippen LogP contribution in [0, 0.1) is 5.41 Å². The van der Waals surface area contributed by atoms with Crippen LogP contribution in [0.1, 0.15) is 13.3 Å². The second kappa shape index (κ2) is 4.59. The van der Waals surface area contributed by atoms with Gasteiger partial charge in [0.1, 0.15) is 0 Å². The zero-order valence-corrected chi connectivity index (χ0v) is 8.79. The Labute approximate surface area is 88.3 Å². The third-order valence-corrected chi connectivity index (χ3v) is 2.35. The number of rotatable bonds is 5. The Hall–Kier alpha value is -1.14. The van der Waals surface area contributed by atoms with Crippen molar-refractivity contribution in [3.63, 3.8) is 0 Å². The molecule has 5 N–H and O–H groups in total. The van der Waals surface area contributed by atoms with Gasteiger partial charge >= 0.3 is 0 Å². The Balaban J connectivity index is 2.25. The molecule has 86 valence electrons. The molecule has 0 radical (unpaired) electrons. The summed E-state index contributed by atoms with van der Waals surface area (Å²) in [7, 11) is 0. The SMILES string of the molecule is CC1(CNC(=O)C(N)CC(N)=O)COC1. The summed E-state index contributed by atoms with van der Waals surface area (Å²) < 4.78 is 5.04. The minimum atomic E-state index is -0.855. The fourth-order valence-corrected chi connectivity index (χ4v) is 1.29. The first-order valence-electron chi connectivity index (χ1n) is 4.82. The van der Waals surface area contributed by atoms with Gasteiger partial charge < -0.3 is 21.5 Å². The average molecular weight is 215 g/mol. The number of ether oxygens (including phenoxy) is 1. The second-order valence-electron chi connectivity index (χ2n) is 4.30. The predicted molar refractivity (Wildman–Crippen MR) is 53.7 cm³/mol. The lowest BCUT2D eigenvalue weighted by molar-refractivity contribution is -0.130. The van der Waals surface area contributed by atoms with Crippen LogP contribution in [-0.2, 0) is 14.3 Å². The van der Waals surface area contributed by atoms with E-state index in [1.54, 1.807) is 0 Å². The molecule has 6 nitrogen and oxygen atoms in total. The second-order valence-corrected chi connectivity index (χ2v) is 4.30. The number of carbonyl (C=O) groups is 2. The fourth-order valence-electron chi connectivity index (χ4n) is 1.29. The van der Waals surface area contributed by atoms with Crippen LogP contribution in [0.5, 0.6) is 0 Å². The first kappa shape index (κ1) is 11.9. The van der Waals surface area contributed by atoms with Crippen LogP contribution in [0.2, 0.25) is 0 Å². The van der Waals surface area contributed by atoms with Crippen molar-refractivity contribution >= 4 is 11.8 Å². The van der Waals surface area contributed by atoms with Gasteiger partial charge in [-0.3, -0.25) is 9.59 Å². The first-order valence-corrected chi connectivity index (χ1v) is 4.82. The maximum Gasteiger partial charge on any atom is 0.237 e. The highest BCUT2D eigenvalue weighted by Gasteiger charge is 2.34. The molecule has 0 spiro atoms. The molecule has 1 heterocycles. The molecule has 0 aliphatic carbocycles. The monoisotopic (exact) mass is 215 g/mol. The van der Waals surface area contributed by atoms with E-state index in [2.05, 4.69) is 5.32 Å². The lowest BCUT2D eigenvalue weighted by Gasteiger charge is -2.38. The van der Waals surface area contributed by atoms with Crippen LogP contribution >= 0.6 is 0 Å². The summed E-state index contributed by atoms with van der Waals surface area (Å²) in [5.41, 5.74) is 10.4. The van der Waals surface area contributed by atoms with Gasteiger partial charge in [0.15, 0.2) is 0 Å². The normalized spacial score (nSPS) is 20.1. The molecular weight excluding hydrogens is 198 g/mol. The number of primary amides is 1. The Morgan fingerprint density at radius 2 is 2.13 bits per heavy atom. The van der Waals surface area contributed by atoms with Gasteiger partial charge in [0, 0.05) is 12.0 Å². The lowest BCUT2D eigenvalue weighted by Crippen LogP contribution is -2.52. The number of nitrogens with one attached hydrogen (secondary N) is 1. The van der Waals surface area contributed by atoms with Gasteiger partial charge in [-0.1, -0.05) is 6.92 Å². The maximum atomic E-state index is 11.4. The standard InChI is InChI=1S/C9H17N3O3/c1-9(4-15-5-9)3-12-8(14)6(10)2-7(11)13/h6H,2-5,10H2,1H3,(H2,11,13)(H,12,14). The minimum absolute atomic E-state index is 0.00209. The van der Waals surface area contributed by atoms with E-state index in [0.29, 0.717) is 19.8 Å². The van der Waals surface area contributed by atoms with Gasteiger partial charge in [-0.15, -0.1) is 0 Å². The van der Waals surface area contributed by atoms with E-state index >= 15 is 0 Å². The molecule has 0 bridgehead atoms. The summed E-state index contributed by atoms with van der Waals surface area (Å²) in [6.45, 7) is 3.80. The van der Waals surface area contributed by atoms with Crippen LogP contribution in [0.4, 0.5) is 0 Å². The van der Waals surface area contributed by atoms with Crippen molar-refractivity contribution in [1.29, 1.82) is 0 Å². The smallest absolute Gasteiger partial charge is 0.237 e. The summed E-state index contributed by atoms with van der Waals surface area (Å²) in [6, 6.07) is -0.855. The number of carbonyl (C=O) groups excluding carboxylic acids is 2. The Morgan fingerprint density at radius 1 is 1.53 bits per heavy atom. The molecule has 1 unspecified atom stereocenters. The van der Waals surface area contributed by atoms with Crippen LogP contribution in [-0.4, -0.2) is 37.6 Å². The molecular formula is C9H17N3O3. The topological polar surface area (TPSA) is 107 Å². The van der Waals surface area contributed by atoms with Crippen LogP contribution in [0.15, 0.2) is 0 Å². The summed E-state index contributed by atoms with van der Waals surface area (Å²) in [4.78, 5) is 21.9. The van der Waals surface area contributed by atoms with Gasteiger partial charge in [0.05, 0.1) is 25.7 Å².